The van der Waals surface area contributed by atoms with Crippen molar-refractivity contribution in [1.29, 1.82) is 0 Å². The molecule has 3 aromatic rings. The van der Waals surface area contributed by atoms with Gasteiger partial charge in [0.2, 0.25) is 17.7 Å². The SMILES string of the molecule is O=C1CCC(N2Cc3c(NCC(=O)Nc4ccc5ncccc5c4)cccc3C2=O)C(=O)N1. The Labute approximate surface area is 189 Å². The molecule has 0 bridgehead atoms. The number of amides is 4. The number of hydrogen-bond donors (Lipinski definition) is 3. The van der Waals surface area contributed by atoms with Gasteiger partial charge >= 0.3 is 0 Å². The Balaban J connectivity index is 1.26. The summed E-state index contributed by atoms with van der Waals surface area (Å²) in [5, 5.41) is 9.19. The first-order valence-electron chi connectivity index (χ1n) is 10.6. The number of anilines is 2. The van der Waals surface area contributed by atoms with Gasteiger partial charge in [0.15, 0.2) is 0 Å². The van der Waals surface area contributed by atoms with Crippen molar-refractivity contribution in [3.05, 3.63) is 65.9 Å². The van der Waals surface area contributed by atoms with Crippen molar-refractivity contribution in [2.24, 2.45) is 0 Å². The zero-order chi connectivity index (χ0) is 22.9. The van der Waals surface area contributed by atoms with Gasteiger partial charge in [-0.1, -0.05) is 12.1 Å². The highest BCUT2D eigenvalue weighted by Crippen LogP contribution is 2.32. The molecule has 0 aliphatic carbocycles. The molecule has 3 heterocycles. The lowest BCUT2D eigenvalue weighted by atomic mass is 10.0. The molecule has 4 amide bonds. The third kappa shape index (κ3) is 4.00. The van der Waals surface area contributed by atoms with Gasteiger partial charge in [-0.2, -0.15) is 0 Å². The van der Waals surface area contributed by atoms with Crippen LogP contribution < -0.4 is 16.0 Å². The van der Waals surface area contributed by atoms with Crippen LogP contribution in [-0.4, -0.2) is 46.1 Å². The molecule has 5 rings (SSSR count). The average molecular weight is 443 g/mol. The zero-order valence-corrected chi connectivity index (χ0v) is 17.6. The number of piperidine rings is 1. The van der Waals surface area contributed by atoms with Crippen molar-refractivity contribution < 1.29 is 19.2 Å². The first-order valence-corrected chi connectivity index (χ1v) is 10.6. The molecule has 1 aromatic heterocycles. The molecule has 33 heavy (non-hydrogen) atoms. The highest BCUT2D eigenvalue weighted by Gasteiger charge is 2.39. The normalized spacial score (nSPS) is 17.6. The number of aromatic nitrogens is 1. The Hall–Kier alpha value is -4.27. The van der Waals surface area contributed by atoms with Crippen LogP contribution in [0.5, 0.6) is 0 Å². The lowest BCUT2D eigenvalue weighted by Crippen LogP contribution is -2.52. The van der Waals surface area contributed by atoms with E-state index in [1.165, 1.54) is 4.90 Å². The summed E-state index contributed by atoms with van der Waals surface area (Å²) in [6, 6.07) is 13.8. The third-order valence-electron chi connectivity index (χ3n) is 5.91. The molecule has 2 aliphatic heterocycles. The van der Waals surface area contributed by atoms with Crippen molar-refractivity contribution in [2.75, 3.05) is 17.2 Å². The van der Waals surface area contributed by atoms with Crippen molar-refractivity contribution in [3.63, 3.8) is 0 Å². The number of fused-ring (bicyclic) bond motifs is 2. The maximum Gasteiger partial charge on any atom is 0.255 e. The van der Waals surface area contributed by atoms with Crippen LogP contribution in [0.3, 0.4) is 0 Å². The van der Waals surface area contributed by atoms with Crippen molar-refractivity contribution in [1.82, 2.24) is 15.2 Å². The van der Waals surface area contributed by atoms with Gasteiger partial charge in [0.25, 0.3) is 5.91 Å². The van der Waals surface area contributed by atoms with E-state index in [0.29, 0.717) is 23.4 Å². The van der Waals surface area contributed by atoms with Crippen LogP contribution in [0.1, 0.15) is 28.8 Å². The smallest absolute Gasteiger partial charge is 0.255 e. The monoisotopic (exact) mass is 443 g/mol. The maximum absolute atomic E-state index is 12.9. The van der Waals surface area contributed by atoms with Gasteiger partial charge in [-0.15, -0.1) is 0 Å². The minimum Gasteiger partial charge on any atom is -0.376 e. The van der Waals surface area contributed by atoms with E-state index in [2.05, 4.69) is 20.9 Å². The number of benzene rings is 2. The predicted molar refractivity (Wildman–Crippen MR) is 121 cm³/mol. The van der Waals surface area contributed by atoms with Gasteiger partial charge in [0.1, 0.15) is 6.04 Å². The van der Waals surface area contributed by atoms with Gasteiger partial charge in [-0.05, 0) is 42.8 Å². The molecule has 166 valence electrons. The Kier molecular flexibility index (Phi) is 5.21. The van der Waals surface area contributed by atoms with E-state index in [4.69, 9.17) is 0 Å². The van der Waals surface area contributed by atoms with Crippen LogP contribution >= 0.6 is 0 Å². The molecular weight excluding hydrogens is 422 g/mol. The number of hydrogen-bond acceptors (Lipinski definition) is 6. The molecule has 1 saturated heterocycles. The Bertz CT molecular complexity index is 1310. The molecule has 1 fully saturated rings. The summed E-state index contributed by atoms with van der Waals surface area (Å²) in [5.41, 5.74) is 3.40. The molecule has 2 aliphatic rings. The summed E-state index contributed by atoms with van der Waals surface area (Å²) < 4.78 is 0. The fourth-order valence-electron chi connectivity index (χ4n) is 4.29. The highest BCUT2D eigenvalue weighted by molar-refractivity contribution is 6.06. The molecule has 0 saturated carbocycles. The minimum atomic E-state index is -0.679. The van der Waals surface area contributed by atoms with E-state index in [1.54, 1.807) is 30.5 Å². The molecule has 1 atom stereocenters. The van der Waals surface area contributed by atoms with Crippen LogP contribution in [0.25, 0.3) is 10.9 Å². The summed E-state index contributed by atoms with van der Waals surface area (Å²) >= 11 is 0. The number of nitrogens with one attached hydrogen (secondary N) is 3. The fourth-order valence-corrected chi connectivity index (χ4v) is 4.29. The second-order valence-electron chi connectivity index (χ2n) is 8.04. The number of carbonyl (C=O) groups excluding carboxylic acids is 4. The van der Waals surface area contributed by atoms with Gasteiger partial charge < -0.3 is 15.5 Å². The molecule has 9 heteroatoms. The van der Waals surface area contributed by atoms with E-state index < -0.39 is 11.9 Å². The van der Waals surface area contributed by atoms with Crippen LogP contribution in [0.15, 0.2) is 54.7 Å². The third-order valence-corrected chi connectivity index (χ3v) is 5.91. The summed E-state index contributed by atoms with van der Waals surface area (Å²) in [4.78, 5) is 54.9. The van der Waals surface area contributed by atoms with Crippen molar-refractivity contribution >= 4 is 45.9 Å². The van der Waals surface area contributed by atoms with Gasteiger partial charge in [0, 0.05) is 47.1 Å². The summed E-state index contributed by atoms with van der Waals surface area (Å²) in [5.74, 6) is -1.26. The van der Waals surface area contributed by atoms with E-state index >= 15 is 0 Å². The number of nitrogens with zero attached hydrogens (tertiary/aromatic N) is 2. The van der Waals surface area contributed by atoms with Crippen molar-refractivity contribution in [3.8, 4) is 0 Å². The van der Waals surface area contributed by atoms with E-state index in [-0.39, 0.29) is 37.2 Å². The summed E-state index contributed by atoms with van der Waals surface area (Å²) in [7, 11) is 0. The molecule has 1 unspecified atom stereocenters. The largest absolute Gasteiger partial charge is 0.376 e. The van der Waals surface area contributed by atoms with Gasteiger partial charge in [-0.3, -0.25) is 29.5 Å². The quantitative estimate of drug-likeness (QED) is 0.519. The van der Waals surface area contributed by atoms with Gasteiger partial charge in [0.05, 0.1) is 12.1 Å². The number of imide groups is 1. The second-order valence-corrected chi connectivity index (χ2v) is 8.04. The Morgan fingerprint density at radius 2 is 2.00 bits per heavy atom. The van der Waals surface area contributed by atoms with Crippen LogP contribution in [0.2, 0.25) is 0 Å². The summed E-state index contributed by atoms with van der Waals surface area (Å²) in [6.07, 6.45) is 2.22. The van der Waals surface area contributed by atoms with E-state index in [1.807, 2.05) is 24.3 Å². The Morgan fingerprint density at radius 3 is 2.85 bits per heavy atom. The van der Waals surface area contributed by atoms with Crippen LogP contribution in [-0.2, 0) is 20.9 Å². The molecule has 0 radical (unpaired) electrons. The molecule has 3 N–H and O–H groups in total. The second kappa shape index (κ2) is 8.34. The molecule has 2 aromatic carbocycles. The molecule has 9 nitrogen and oxygen atoms in total. The lowest BCUT2D eigenvalue weighted by molar-refractivity contribution is -0.137. The topological polar surface area (TPSA) is 120 Å². The van der Waals surface area contributed by atoms with E-state index in [9.17, 15) is 19.2 Å². The average Bonchev–Trinajstić information content (AvgIpc) is 3.14. The number of carbonyl (C=O) groups is 4. The number of pyridine rings is 1. The van der Waals surface area contributed by atoms with Crippen LogP contribution in [0, 0.1) is 0 Å². The van der Waals surface area contributed by atoms with E-state index in [0.717, 1.165) is 16.5 Å². The standard InChI is InChI=1S/C24H21N5O4/c30-21-9-8-20(23(32)28-21)29-13-17-16(24(29)33)4-1-5-19(17)26-12-22(31)27-15-6-7-18-14(11-15)3-2-10-25-18/h1-7,10-11,20,26H,8-9,12-13H2,(H,27,31)(H,28,30,32). The fraction of sp³-hybridized carbons (Fsp3) is 0.208. The Morgan fingerprint density at radius 1 is 1.12 bits per heavy atom. The number of rotatable bonds is 5. The lowest BCUT2D eigenvalue weighted by Gasteiger charge is -2.29. The van der Waals surface area contributed by atoms with Crippen molar-refractivity contribution in [2.45, 2.75) is 25.4 Å². The zero-order valence-electron chi connectivity index (χ0n) is 17.6. The minimum absolute atomic E-state index is 0.00807. The first kappa shape index (κ1) is 20.6. The van der Waals surface area contributed by atoms with Crippen LogP contribution in [0.4, 0.5) is 11.4 Å². The summed E-state index contributed by atoms with van der Waals surface area (Å²) in [6.45, 7) is 0.247. The van der Waals surface area contributed by atoms with Gasteiger partial charge in [-0.25, -0.2) is 0 Å². The predicted octanol–water partition coefficient (Wildman–Crippen LogP) is 2.05. The first-order chi connectivity index (χ1) is 16.0. The molecular formula is C24H21N5O4. The maximum atomic E-state index is 12.9. The molecule has 0 spiro atoms. The highest BCUT2D eigenvalue weighted by atomic mass is 16.2.